The summed E-state index contributed by atoms with van der Waals surface area (Å²) in [4.78, 5) is 8.27. The van der Waals surface area contributed by atoms with E-state index in [1.807, 2.05) is 49.9 Å². The first-order valence-electron chi connectivity index (χ1n) is 12.6. The van der Waals surface area contributed by atoms with E-state index in [-0.39, 0.29) is 0 Å². The molecule has 37 heavy (non-hydrogen) atoms. The molecule has 1 aliphatic rings. The first-order chi connectivity index (χ1) is 18.0. The topological polar surface area (TPSA) is 90.7 Å². The molecule has 8 heteroatoms. The number of hydrogen-bond donors (Lipinski definition) is 1. The summed E-state index contributed by atoms with van der Waals surface area (Å²) in [7, 11) is 0. The molecule has 0 atom stereocenters. The average molecular weight is 491 g/mol. The molecule has 0 spiro atoms. The van der Waals surface area contributed by atoms with Crippen LogP contribution in [0, 0.1) is 13.8 Å². The Morgan fingerprint density at radius 3 is 2.54 bits per heavy atom. The number of nitrogen functional groups attached to an aromatic ring is 1. The SMILES string of the molecule is Cc1cc(N)c(-c2nnn(-c3ccc(CCN4CCc5ccc(-n6ccnc6)cc5C4)cc3)n2)cc1C. The molecule has 186 valence electrons. The van der Waals surface area contributed by atoms with Crippen LogP contribution in [0.4, 0.5) is 5.69 Å². The highest BCUT2D eigenvalue weighted by Gasteiger charge is 2.17. The van der Waals surface area contributed by atoms with Gasteiger partial charge >= 0.3 is 0 Å². The Morgan fingerprint density at radius 2 is 1.73 bits per heavy atom. The smallest absolute Gasteiger partial charge is 0.207 e. The van der Waals surface area contributed by atoms with Gasteiger partial charge in [0.2, 0.25) is 5.82 Å². The van der Waals surface area contributed by atoms with Crippen molar-refractivity contribution in [3.63, 3.8) is 0 Å². The molecule has 0 bridgehead atoms. The number of aryl methyl sites for hydroxylation is 2. The molecule has 0 amide bonds. The molecule has 3 heterocycles. The summed E-state index contributed by atoms with van der Waals surface area (Å²) in [6.07, 6.45) is 7.73. The van der Waals surface area contributed by atoms with Crippen molar-refractivity contribution in [2.75, 3.05) is 18.8 Å². The normalized spacial score (nSPS) is 13.6. The van der Waals surface area contributed by atoms with Crippen molar-refractivity contribution in [2.45, 2.75) is 33.2 Å². The number of rotatable bonds is 6. The predicted octanol–water partition coefficient (Wildman–Crippen LogP) is 4.31. The van der Waals surface area contributed by atoms with Crippen molar-refractivity contribution in [1.29, 1.82) is 0 Å². The Hall–Kier alpha value is -4.30. The molecule has 6 rings (SSSR count). The lowest BCUT2D eigenvalue weighted by atomic mass is 9.98. The number of aromatic nitrogens is 6. The van der Waals surface area contributed by atoms with Gasteiger partial charge in [-0.15, -0.1) is 15.0 Å². The minimum atomic E-state index is 0.534. The summed E-state index contributed by atoms with van der Waals surface area (Å²) in [5.74, 6) is 0.534. The molecule has 5 aromatic rings. The third-order valence-corrected chi connectivity index (χ3v) is 7.29. The van der Waals surface area contributed by atoms with E-state index in [1.54, 1.807) is 4.80 Å². The van der Waals surface area contributed by atoms with Crippen molar-refractivity contribution in [1.82, 2.24) is 34.7 Å². The summed E-state index contributed by atoms with van der Waals surface area (Å²) in [5, 5.41) is 13.1. The third-order valence-electron chi connectivity index (χ3n) is 7.29. The fourth-order valence-electron chi connectivity index (χ4n) is 4.91. The second kappa shape index (κ2) is 9.63. The van der Waals surface area contributed by atoms with Gasteiger partial charge in [-0.05, 0) is 96.1 Å². The maximum absolute atomic E-state index is 6.22. The number of tetrazole rings is 1. The fourth-order valence-corrected chi connectivity index (χ4v) is 4.91. The van der Waals surface area contributed by atoms with Crippen molar-refractivity contribution in [3.05, 3.63) is 101 Å². The largest absolute Gasteiger partial charge is 0.398 e. The van der Waals surface area contributed by atoms with E-state index >= 15 is 0 Å². The predicted molar refractivity (Wildman–Crippen MR) is 145 cm³/mol. The minimum Gasteiger partial charge on any atom is -0.398 e. The lowest BCUT2D eigenvalue weighted by molar-refractivity contribution is 0.257. The number of benzene rings is 3. The van der Waals surface area contributed by atoms with Crippen LogP contribution in [0.1, 0.15) is 27.8 Å². The number of imidazole rings is 1. The van der Waals surface area contributed by atoms with E-state index in [1.165, 1.54) is 22.4 Å². The third kappa shape index (κ3) is 4.75. The molecule has 3 aromatic carbocycles. The molecule has 0 saturated carbocycles. The summed E-state index contributed by atoms with van der Waals surface area (Å²) in [5.41, 5.74) is 16.2. The van der Waals surface area contributed by atoms with E-state index in [0.717, 1.165) is 54.9 Å². The van der Waals surface area contributed by atoms with Gasteiger partial charge in [-0.3, -0.25) is 4.90 Å². The van der Waals surface area contributed by atoms with Crippen LogP contribution in [0.15, 0.2) is 73.3 Å². The standard InChI is InChI=1S/C29H30N8/c1-20-15-27(28(30)16-21(20)2)29-32-34-37(33-29)25-6-3-22(4-7-25)9-12-35-13-10-23-5-8-26(17-24(23)18-35)36-14-11-31-19-36/h3-8,11,14-17,19H,9-10,12-13,18,30H2,1-2H3. The summed E-state index contributed by atoms with van der Waals surface area (Å²) in [6.45, 7) is 7.19. The number of anilines is 1. The van der Waals surface area contributed by atoms with Crippen LogP contribution < -0.4 is 5.73 Å². The second-order valence-electron chi connectivity index (χ2n) is 9.79. The van der Waals surface area contributed by atoms with Crippen LogP contribution in [-0.4, -0.2) is 47.7 Å². The Labute approximate surface area is 216 Å². The van der Waals surface area contributed by atoms with Crippen LogP contribution >= 0.6 is 0 Å². The van der Waals surface area contributed by atoms with Crippen molar-refractivity contribution >= 4 is 5.69 Å². The Morgan fingerprint density at radius 1 is 0.919 bits per heavy atom. The Balaban J connectivity index is 1.10. The number of fused-ring (bicyclic) bond motifs is 1. The number of nitrogens with zero attached hydrogens (tertiary/aromatic N) is 7. The summed E-state index contributed by atoms with van der Waals surface area (Å²) in [6, 6.07) is 19.1. The van der Waals surface area contributed by atoms with Crippen LogP contribution in [0.5, 0.6) is 0 Å². The maximum atomic E-state index is 6.22. The van der Waals surface area contributed by atoms with Gasteiger partial charge in [-0.25, -0.2) is 4.98 Å². The second-order valence-corrected chi connectivity index (χ2v) is 9.79. The molecular formula is C29H30N8. The molecular weight excluding hydrogens is 460 g/mol. The highest BCUT2D eigenvalue weighted by atomic mass is 15.6. The highest BCUT2D eigenvalue weighted by molar-refractivity contribution is 5.72. The zero-order valence-electron chi connectivity index (χ0n) is 21.2. The molecule has 0 unspecified atom stereocenters. The Kier molecular flexibility index (Phi) is 6.02. The molecule has 0 aliphatic carbocycles. The molecule has 1 aliphatic heterocycles. The lowest BCUT2D eigenvalue weighted by Gasteiger charge is -2.29. The van der Waals surface area contributed by atoms with E-state index in [9.17, 15) is 0 Å². The van der Waals surface area contributed by atoms with Crippen molar-refractivity contribution in [2.24, 2.45) is 0 Å². The van der Waals surface area contributed by atoms with Gasteiger partial charge in [-0.1, -0.05) is 18.2 Å². The van der Waals surface area contributed by atoms with Crippen LogP contribution in [0.2, 0.25) is 0 Å². The van der Waals surface area contributed by atoms with Gasteiger partial charge in [0.25, 0.3) is 0 Å². The zero-order chi connectivity index (χ0) is 25.4. The molecule has 0 saturated heterocycles. The summed E-state index contributed by atoms with van der Waals surface area (Å²) < 4.78 is 2.06. The molecule has 2 N–H and O–H groups in total. The number of nitrogens with two attached hydrogens (primary N) is 1. The van der Waals surface area contributed by atoms with Gasteiger partial charge in [-0.2, -0.15) is 0 Å². The van der Waals surface area contributed by atoms with Crippen LogP contribution in [0.25, 0.3) is 22.8 Å². The number of hydrogen-bond acceptors (Lipinski definition) is 6. The van der Waals surface area contributed by atoms with E-state index in [0.29, 0.717) is 11.5 Å². The minimum absolute atomic E-state index is 0.534. The van der Waals surface area contributed by atoms with E-state index < -0.39 is 0 Å². The monoisotopic (exact) mass is 490 g/mol. The van der Waals surface area contributed by atoms with E-state index in [2.05, 4.69) is 67.1 Å². The van der Waals surface area contributed by atoms with Crippen LogP contribution in [0.3, 0.4) is 0 Å². The summed E-state index contributed by atoms with van der Waals surface area (Å²) >= 11 is 0. The fraction of sp³-hybridized carbons (Fsp3) is 0.241. The van der Waals surface area contributed by atoms with E-state index in [4.69, 9.17) is 5.73 Å². The van der Waals surface area contributed by atoms with Gasteiger partial charge in [0.05, 0.1) is 12.0 Å². The molecule has 2 aromatic heterocycles. The molecule has 8 nitrogen and oxygen atoms in total. The van der Waals surface area contributed by atoms with Crippen molar-refractivity contribution < 1.29 is 0 Å². The first kappa shape index (κ1) is 23.1. The first-order valence-corrected chi connectivity index (χ1v) is 12.6. The van der Waals surface area contributed by atoms with Gasteiger partial charge in [0.15, 0.2) is 0 Å². The zero-order valence-corrected chi connectivity index (χ0v) is 21.2. The highest BCUT2D eigenvalue weighted by Crippen LogP contribution is 2.26. The molecule has 0 radical (unpaired) electrons. The lowest BCUT2D eigenvalue weighted by Crippen LogP contribution is -2.32. The average Bonchev–Trinajstić information content (AvgIpc) is 3.63. The van der Waals surface area contributed by atoms with Gasteiger partial charge in [0, 0.05) is 49.0 Å². The quantitative estimate of drug-likeness (QED) is 0.357. The van der Waals surface area contributed by atoms with Gasteiger partial charge < -0.3 is 10.3 Å². The molecule has 0 fully saturated rings. The Bertz CT molecular complexity index is 1530. The van der Waals surface area contributed by atoms with Gasteiger partial charge in [0.1, 0.15) is 0 Å². The van der Waals surface area contributed by atoms with Crippen LogP contribution in [-0.2, 0) is 19.4 Å². The maximum Gasteiger partial charge on any atom is 0.207 e. The van der Waals surface area contributed by atoms with Crippen molar-refractivity contribution in [3.8, 4) is 22.8 Å².